The number of carbonyl (C=O) groups excluding carboxylic acids is 1. The number of nitrogens with zero attached hydrogens (tertiary/aromatic N) is 2. The maximum atomic E-state index is 12.6. The summed E-state index contributed by atoms with van der Waals surface area (Å²) in [5, 5.41) is 7.66. The van der Waals surface area contributed by atoms with Gasteiger partial charge in [0.2, 0.25) is 5.91 Å². The Balaban J connectivity index is 1.24. The topological polar surface area (TPSA) is 58.2 Å². The normalized spacial score (nSPS) is 16.1. The zero-order valence-electron chi connectivity index (χ0n) is 18.4. The first-order valence-electron chi connectivity index (χ1n) is 11.2. The van der Waals surface area contributed by atoms with E-state index in [1.165, 1.54) is 5.56 Å². The number of amides is 1. The van der Waals surface area contributed by atoms with Crippen LogP contribution in [0.25, 0.3) is 0 Å². The van der Waals surface area contributed by atoms with Crippen molar-refractivity contribution >= 4 is 5.91 Å². The third-order valence-corrected chi connectivity index (χ3v) is 6.00. The van der Waals surface area contributed by atoms with E-state index in [0.29, 0.717) is 24.9 Å². The number of aromatic nitrogens is 2. The molecule has 1 aromatic heterocycles. The number of H-pyrrole nitrogens is 1. The monoisotopic (exact) mass is 417 g/mol. The number of hydrogen-bond donors (Lipinski definition) is 1. The second-order valence-electron chi connectivity index (χ2n) is 8.63. The van der Waals surface area contributed by atoms with Crippen molar-refractivity contribution in [1.82, 2.24) is 15.1 Å². The van der Waals surface area contributed by atoms with Gasteiger partial charge >= 0.3 is 0 Å². The van der Waals surface area contributed by atoms with Crippen LogP contribution in [0.2, 0.25) is 0 Å². The molecule has 2 aromatic carbocycles. The average molecular weight is 418 g/mol. The van der Waals surface area contributed by atoms with E-state index in [0.717, 1.165) is 48.6 Å². The van der Waals surface area contributed by atoms with Crippen LogP contribution in [-0.2, 0) is 17.6 Å². The lowest BCUT2D eigenvalue weighted by atomic mass is 10.0. The smallest absolute Gasteiger partial charge is 0.227 e. The molecule has 1 atom stereocenters. The van der Waals surface area contributed by atoms with Gasteiger partial charge in [-0.25, -0.2) is 0 Å². The van der Waals surface area contributed by atoms with Crippen LogP contribution in [0.5, 0.6) is 5.75 Å². The highest BCUT2D eigenvalue weighted by Gasteiger charge is 2.28. The van der Waals surface area contributed by atoms with E-state index in [1.807, 2.05) is 47.4 Å². The molecule has 162 valence electrons. The zero-order chi connectivity index (χ0) is 21.6. The summed E-state index contributed by atoms with van der Waals surface area (Å²) in [4.78, 5) is 14.6. The number of likely N-dealkylation sites (tertiary alicyclic amines) is 1. The molecule has 1 saturated heterocycles. The molecule has 0 aliphatic carbocycles. The zero-order valence-corrected chi connectivity index (χ0v) is 18.4. The van der Waals surface area contributed by atoms with Gasteiger partial charge in [0.25, 0.3) is 0 Å². The summed E-state index contributed by atoms with van der Waals surface area (Å²) < 4.78 is 5.88. The van der Waals surface area contributed by atoms with Crippen molar-refractivity contribution in [2.45, 2.75) is 44.9 Å². The largest absolute Gasteiger partial charge is 0.493 e. The molecular formula is C26H31N3O2. The first kappa shape index (κ1) is 21.2. The van der Waals surface area contributed by atoms with E-state index in [-0.39, 0.29) is 5.91 Å². The third kappa shape index (κ3) is 5.54. The highest BCUT2D eigenvalue weighted by atomic mass is 16.5. The fourth-order valence-electron chi connectivity index (χ4n) is 4.05. The summed E-state index contributed by atoms with van der Waals surface area (Å²) >= 11 is 0. The SMILES string of the molecule is CC(C)c1ccc(OCCc2cc([C@H]3CCN(C(=O)Cc4ccccc4)C3)n[nH]2)cc1. The Morgan fingerprint density at radius 1 is 1.16 bits per heavy atom. The number of benzene rings is 2. The molecule has 1 aliphatic heterocycles. The van der Waals surface area contributed by atoms with Crippen LogP contribution in [0.1, 0.15) is 54.6 Å². The second kappa shape index (κ2) is 9.82. The summed E-state index contributed by atoms with van der Waals surface area (Å²) in [5.41, 5.74) is 4.50. The van der Waals surface area contributed by atoms with E-state index in [2.05, 4.69) is 42.2 Å². The second-order valence-corrected chi connectivity index (χ2v) is 8.63. The lowest BCUT2D eigenvalue weighted by Crippen LogP contribution is -2.29. The molecule has 1 amide bonds. The highest BCUT2D eigenvalue weighted by molar-refractivity contribution is 5.79. The van der Waals surface area contributed by atoms with Gasteiger partial charge in [0.15, 0.2) is 0 Å². The fraction of sp³-hybridized carbons (Fsp3) is 0.385. The van der Waals surface area contributed by atoms with E-state index in [4.69, 9.17) is 4.74 Å². The Hall–Kier alpha value is -3.08. The van der Waals surface area contributed by atoms with Crippen molar-refractivity contribution in [3.05, 3.63) is 83.2 Å². The first-order chi connectivity index (χ1) is 15.1. The van der Waals surface area contributed by atoms with E-state index in [9.17, 15) is 4.79 Å². The van der Waals surface area contributed by atoms with Crippen molar-refractivity contribution in [1.29, 1.82) is 0 Å². The van der Waals surface area contributed by atoms with Gasteiger partial charge in [0.1, 0.15) is 5.75 Å². The molecular weight excluding hydrogens is 386 g/mol. The van der Waals surface area contributed by atoms with E-state index >= 15 is 0 Å². The Morgan fingerprint density at radius 2 is 1.94 bits per heavy atom. The van der Waals surface area contributed by atoms with Crippen molar-refractivity contribution in [2.75, 3.05) is 19.7 Å². The molecule has 0 bridgehead atoms. The number of rotatable bonds is 8. The predicted octanol–water partition coefficient (Wildman–Crippen LogP) is 4.71. The number of aromatic amines is 1. The Kier molecular flexibility index (Phi) is 6.70. The predicted molar refractivity (Wildman–Crippen MR) is 122 cm³/mol. The van der Waals surface area contributed by atoms with Crippen LogP contribution in [0.15, 0.2) is 60.7 Å². The van der Waals surface area contributed by atoms with Crippen LogP contribution in [0.3, 0.4) is 0 Å². The molecule has 0 radical (unpaired) electrons. The van der Waals surface area contributed by atoms with Gasteiger partial charge in [0.05, 0.1) is 18.7 Å². The van der Waals surface area contributed by atoms with E-state index in [1.54, 1.807) is 0 Å². The maximum Gasteiger partial charge on any atom is 0.227 e. The third-order valence-electron chi connectivity index (χ3n) is 6.00. The van der Waals surface area contributed by atoms with Crippen molar-refractivity contribution in [3.63, 3.8) is 0 Å². The molecule has 4 rings (SSSR count). The lowest BCUT2D eigenvalue weighted by molar-refractivity contribution is -0.129. The van der Waals surface area contributed by atoms with Gasteiger partial charge in [-0.3, -0.25) is 9.89 Å². The molecule has 0 unspecified atom stereocenters. The summed E-state index contributed by atoms with van der Waals surface area (Å²) in [7, 11) is 0. The summed E-state index contributed by atoms with van der Waals surface area (Å²) in [6.45, 7) is 6.53. The summed E-state index contributed by atoms with van der Waals surface area (Å²) in [6, 6.07) is 20.4. The first-order valence-corrected chi connectivity index (χ1v) is 11.2. The van der Waals surface area contributed by atoms with Crippen LogP contribution in [0.4, 0.5) is 0 Å². The van der Waals surface area contributed by atoms with Crippen LogP contribution in [0, 0.1) is 0 Å². The van der Waals surface area contributed by atoms with E-state index < -0.39 is 0 Å². The minimum absolute atomic E-state index is 0.196. The van der Waals surface area contributed by atoms with Gasteiger partial charge < -0.3 is 9.64 Å². The molecule has 5 heteroatoms. The summed E-state index contributed by atoms with van der Waals surface area (Å²) in [6.07, 6.45) is 2.21. The minimum Gasteiger partial charge on any atom is -0.493 e. The van der Waals surface area contributed by atoms with Crippen molar-refractivity contribution in [2.24, 2.45) is 0 Å². The van der Waals surface area contributed by atoms with Crippen molar-refractivity contribution < 1.29 is 9.53 Å². The molecule has 31 heavy (non-hydrogen) atoms. The number of hydrogen-bond acceptors (Lipinski definition) is 3. The highest BCUT2D eigenvalue weighted by Crippen LogP contribution is 2.27. The maximum absolute atomic E-state index is 12.6. The van der Waals surface area contributed by atoms with Gasteiger partial charge in [0, 0.05) is 31.1 Å². The molecule has 5 nitrogen and oxygen atoms in total. The number of carbonyl (C=O) groups is 1. The molecule has 3 aromatic rings. The van der Waals surface area contributed by atoms with Gasteiger partial charge in [-0.15, -0.1) is 0 Å². The Labute approximate surface area is 184 Å². The standard InChI is InChI=1S/C26H31N3O2/c1-19(2)21-8-10-24(11-9-21)31-15-13-23-17-25(28-27-23)22-12-14-29(18-22)26(30)16-20-6-4-3-5-7-20/h3-11,17,19,22H,12-16,18H2,1-2H3,(H,27,28)/t22-/m0/s1. The van der Waals surface area contributed by atoms with Gasteiger partial charge in [-0.2, -0.15) is 5.10 Å². The molecule has 1 N–H and O–H groups in total. The molecule has 1 aliphatic rings. The summed E-state index contributed by atoms with van der Waals surface area (Å²) in [5.74, 6) is 1.92. The van der Waals surface area contributed by atoms with Gasteiger partial charge in [-0.1, -0.05) is 56.3 Å². The molecule has 0 saturated carbocycles. The number of ether oxygens (including phenoxy) is 1. The van der Waals surface area contributed by atoms with Crippen LogP contribution >= 0.6 is 0 Å². The van der Waals surface area contributed by atoms with Gasteiger partial charge in [-0.05, 0) is 41.7 Å². The quantitative estimate of drug-likeness (QED) is 0.577. The molecule has 2 heterocycles. The van der Waals surface area contributed by atoms with Crippen molar-refractivity contribution in [3.8, 4) is 5.75 Å². The van der Waals surface area contributed by atoms with Crippen LogP contribution < -0.4 is 4.74 Å². The Bertz CT molecular complexity index is 979. The molecule has 1 fully saturated rings. The fourth-order valence-corrected chi connectivity index (χ4v) is 4.05. The minimum atomic E-state index is 0.196. The Morgan fingerprint density at radius 3 is 2.68 bits per heavy atom. The number of nitrogens with one attached hydrogen (secondary N) is 1. The molecule has 0 spiro atoms. The average Bonchev–Trinajstić information content (AvgIpc) is 3.45. The van der Waals surface area contributed by atoms with Crippen LogP contribution in [-0.4, -0.2) is 40.7 Å². The lowest BCUT2D eigenvalue weighted by Gasteiger charge is -2.16.